The van der Waals surface area contributed by atoms with Gasteiger partial charge in [-0.1, -0.05) is 60.7 Å². The van der Waals surface area contributed by atoms with Gasteiger partial charge in [-0.2, -0.15) is 0 Å². The van der Waals surface area contributed by atoms with Crippen molar-refractivity contribution in [3.63, 3.8) is 0 Å². The number of rotatable bonds is 3. The topological polar surface area (TPSA) is 37.4 Å². The second kappa shape index (κ2) is 7.89. The monoisotopic (exact) mass is 521 g/mol. The second-order valence-electron chi connectivity index (χ2n) is 7.13. The molecule has 0 unspecified atom stereocenters. The molecule has 5 rings (SSSR count). The zero-order chi connectivity index (χ0) is 20.7. The Labute approximate surface area is 191 Å². The van der Waals surface area contributed by atoms with Crippen LogP contribution in [0.2, 0.25) is 0 Å². The van der Waals surface area contributed by atoms with Crippen molar-refractivity contribution >= 4 is 73.1 Å². The number of halogens is 1. The Hall–Kier alpha value is -2.64. The second-order valence-corrected chi connectivity index (χ2v) is 9.37. The van der Waals surface area contributed by atoms with Crippen molar-refractivity contribution in [1.29, 1.82) is 0 Å². The number of benzene rings is 4. The lowest BCUT2D eigenvalue weighted by Crippen LogP contribution is -2.27. The number of carbonyl (C=O) groups is 2. The molecule has 1 aliphatic rings. The van der Waals surface area contributed by atoms with Gasteiger partial charge in [-0.15, -0.1) is 0 Å². The molecular formula is C25H16INO2S. The number of carbonyl (C=O) groups excluding carboxylic acids is 2. The Kier molecular flexibility index (Phi) is 5.08. The summed E-state index contributed by atoms with van der Waals surface area (Å²) in [6, 6.07) is 26.3. The predicted molar refractivity (Wildman–Crippen MR) is 132 cm³/mol. The normalized spacial score (nSPS) is 15.6. The van der Waals surface area contributed by atoms with Crippen LogP contribution in [0.1, 0.15) is 11.1 Å². The van der Waals surface area contributed by atoms with E-state index in [2.05, 4.69) is 52.9 Å². The Morgan fingerprint density at radius 3 is 2.07 bits per heavy atom. The van der Waals surface area contributed by atoms with Gasteiger partial charge in [0.1, 0.15) is 0 Å². The molecule has 1 saturated heterocycles. The molecule has 1 fully saturated rings. The van der Waals surface area contributed by atoms with Crippen LogP contribution in [0.15, 0.2) is 83.8 Å². The third-order valence-electron chi connectivity index (χ3n) is 5.22. The van der Waals surface area contributed by atoms with Gasteiger partial charge in [0.2, 0.25) is 0 Å². The maximum atomic E-state index is 13.1. The number of fused-ring (bicyclic) bond motifs is 2. The van der Waals surface area contributed by atoms with E-state index in [-0.39, 0.29) is 17.7 Å². The first-order valence-corrected chi connectivity index (χ1v) is 11.4. The minimum absolute atomic E-state index is 0.227. The van der Waals surface area contributed by atoms with Crippen LogP contribution in [-0.2, 0) is 11.3 Å². The van der Waals surface area contributed by atoms with E-state index in [1.165, 1.54) is 4.90 Å². The molecule has 0 aliphatic carbocycles. The van der Waals surface area contributed by atoms with Crippen molar-refractivity contribution in [2.75, 3.05) is 0 Å². The van der Waals surface area contributed by atoms with E-state index in [1.807, 2.05) is 54.6 Å². The Morgan fingerprint density at radius 1 is 0.833 bits per heavy atom. The van der Waals surface area contributed by atoms with Crippen molar-refractivity contribution in [2.45, 2.75) is 6.54 Å². The summed E-state index contributed by atoms with van der Waals surface area (Å²) in [4.78, 5) is 27.5. The number of imide groups is 1. The van der Waals surface area contributed by atoms with Crippen LogP contribution in [0.5, 0.6) is 0 Å². The summed E-state index contributed by atoms with van der Waals surface area (Å²) in [5.41, 5.74) is 1.91. The number of hydrogen-bond donors (Lipinski definition) is 0. The smallest absolute Gasteiger partial charge is 0.268 e. The highest BCUT2D eigenvalue weighted by Gasteiger charge is 2.35. The van der Waals surface area contributed by atoms with Gasteiger partial charge in [0, 0.05) is 3.57 Å². The van der Waals surface area contributed by atoms with Gasteiger partial charge in [-0.05, 0) is 91.3 Å². The fourth-order valence-electron chi connectivity index (χ4n) is 3.74. The average Bonchev–Trinajstić information content (AvgIpc) is 3.02. The van der Waals surface area contributed by atoms with E-state index in [9.17, 15) is 9.59 Å². The van der Waals surface area contributed by atoms with Crippen LogP contribution >= 0.6 is 34.4 Å². The molecule has 1 aliphatic heterocycles. The SMILES string of the molecule is O=C1S/C(=C/c2c3ccccc3cc3ccccc23)C(=O)N1Cc1ccc(I)cc1. The highest BCUT2D eigenvalue weighted by molar-refractivity contribution is 14.1. The van der Waals surface area contributed by atoms with E-state index in [0.717, 1.165) is 48.0 Å². The van der Waals surface area contributed by atoms with Gasteiger partial charge >= 0.3 is 0 Å². The van der Waals surface area contributed by atoms with Crippen LogP contribution in [0, 0.1) is 3.57 Å². The van der Waals surface area contributed by atoms with Crippen LogP contribution in [0.4, 0.5) is 4.79 Å². The largest absolute Gasteiger partial charge is 0.293 e. The standard InChI is InChI=1S/C25H16INO2S/c26-19-11-9-16(10-12-19)15-27-24(28)23(30-25(27)29)14-22-20-7-3-1-5-17(20)13-18-6-2-4-8-21(18)22/h1-14H,15H2/b23-14+. The summed E-state index contributed by atoms with van der Waals surface area (Å²) in [6.07, 6.45) is 1.88. The third-order valence-corrected chi connectivity index (χ3v) is 6.84. The lowest BCUT2D eigenvalue weighted by Gasteiger charge is -2.12. The van der Waals surface area contributed by atoms with Gasteiger partial charge < -0.3 is 0 Å². The van der Waals surface area contributed by atoms with Crippen molar-refractivity contribution in [3.8, 4) is 0 Å². The first kappa shape index (κ1) is 19.3. The first-order chi connectivity index (χ1) is 14.6. The molecule has 0 N–H and O–H groups in total. The molecule has 30 heavy (non-hydrogen) atoms. The van der Waals surface area contributed by atoms with Gasteiger partial charge in [-0.25, -0.2) is 0 Å². The molecule has 2 amide bonds. The highest BCUT2D eigenvalue weighted by atomic mass is 127. The maximum absolute atomic E-state index is 13.1. The van der Waals surface area contributed by atoms with Crippen LogP contribution in [0.25, 0.3) is 27.6 Å². The fourth-order valence-corrected chi connectivity index (χ4v) is 4.92. The molecule has 0 aromatic heterocycles. The molecule has 3 nitrogen and oxygen atoms in total. The predicted octanol–water partition coefficient (Wildman–Crippen LogP) is 6.83. The van der Waals surface area contributed by atoms with Crippen molar-refractivity contribution in [3.05, 3.63) is 98.5 Å². The molecule has 0 radical (unpaired) electrons. The summed E-state index contributed by atoms with van der Waals surface area (Å²) >= 11 is 3.25. The molecule has 146 valence electrons. The Morgan fingerprint density at radius 2 is 1.43 bits per heavy atom. The van der Waals surface area contributed by atoms with Crippen molar-refractivity contribution in [2.24, 2.45) is 0 Å². The van der Waals surface area contributed by atoms with Crippen molar-refractivity contribution in [1.82, 2.24) is 4.90 Å². The molecule has 4 aromatic carbocycles. The van der Waals surface area contributed by atoms with E-state index >= 15 is 0 Å². The van der Waals surface area contributed by atoms with E-state index < -0.39 is 0 Å². The maximum Gasteiger partial charge on any atom is 0.293 e. The number of thioether (sulfide) groups is 1. The Balaban J connectivity index is 1.58. The zero-order valence-electron chi connectivity index (χ0n) is 15.8. The average molecular weight is 521 g/mol. The molecule has 1 heterocycles. The lowest BCUT2D eigenvalue weighted by atomic mass is 9.96. The summed E-state index contributed by atoms with van der Waals surface area (Å²) in [5.74, 6) is -0.236. The first-order valence-electron chi connectivity index (χ1n) is 9.50. The minimum atomic E-state index is -0.236. The molecule has 0 saturated carbocycles. The molecule has 0 atom stereocenters. The van der Waals surface area contributed by atoms with Crippen LogP contribution in [0.3, 0.4) is 0 Å². The van der Waals surface area contributed by atoms with E-state index in [1.54, 1.807) is 0 Å². The molecule has 0 bridgehead atoms. The summed E-state index contributed by atoms with van der Waals surface area (Å²) in [6.45, 7) is 0.287. The van der Waals surface area contributed by atoms with Gasteiger partial charge in [0.25, 0.3) is 11.1 Å². The van der Waals surface area contributed by atoms with E-state index in [0.29, 0.717) is 4.91 Å². The quantitative estimate of drug-likeness (QED) is 0.168. The number of hydrogen-bond acceptors (Lipinski definition) is 3. The zero-order valence-corrected chi connectivity index (χ0v) is 18.8. The molecule has 0 spiro atoms. The molecule has 5 heteroatoms. The molecular weight excluding hydrogens is 505 g/mol. The van der Waals surface area contributed by atoms with Gasteiger partial charge in [-0.3, -0.25) is 14.5 Å². The lowest BCUT2D eigenvalue weighted by molar-refractivity contribution is -0.123. The van der Waals surface area contributed by atoms with Crippen molar-refractivity contribution < 1.29 is 9.59 Å². The fraction of sp³-hybridized carbons (Fsp3) is 0.0400. The number of nitrogens with zero attached hydrogens (tertiary/aromatic N) is 1. The van der Waals surface area contributed by atoms with Gasteiger partial charge in [0.15, 0.2) is 0 Å². The third kappa shape index (κ3) is 3.52. The van der Waals surface area contributed by atoms with E-state index in [4.69, 9.17) is 0 Å². The highest BCUT2D eigenvalue weighted by Crippen LogP contribution is 2.37. The minimum Gasteiger partial charge on any atom is -0.268 e. The number of amides is 2. The summed E-state index contributed by atoms with van der Waals surface area (Å²) < 4.78 is 1.12. The van der Waals surface area contributed by atoms with Gasteiger partial charge in [0.05, 0.1) is 11.4 Å². The molecule has 4 aromatic rings. The summed E-state index contributed by atoms with van der Waals surface area (Å²) in [7, 11) is 0. The Bertz CT molecular complexity index is 1290. The summed E-state index contributed by atoms with van der Waals surface area (Å²) in [5, 5.41) is 4.14. The van der Waals surface area contributed by atoms with Crippen LogP contribution in [-0.4, -0.2) is 16.0 Å². The van der Waals surface area contributed by atoms with Crippen LogP contribution < -0.4 is 0 Å².